The van der Waals surface area contributed by atoms with Crippen molar-refractivity contribution in [1.82, 2.24) is 4.57 Å². The van der Waals surface area contributed by atoms with Crippen molar-refractivity contribution in [2.24, 2.45) is 5.73 Å². The standard InChI is InChI=1S/C8H10N4O/c1-5-7(10)2-6(3-9)12(5)4-8(11)13/h2H,4,10H2,1H3,(H2,11,13). The van der Waals surface area contributed by atoms with E-state index in [1.54, 1.807) is 6.92 Å². The molecule has 0 unspecified atom stereocenters. The van der Waals surface area contributed by atoms with Gasteiger partial charge in [-0.25, -0.2) is 0 Å². The van der Waals surface area contributed by atoms with Crippen molar-refractivity contribution < 1.29 is 4.79 Å². The van der Waals surface area contributed by atoms with Crippen molar-refractivity contribution in [2.45, 2.75) is 13.5 Å². The number of nitrogens with two attached hydrogens (primary N) is 2. The van der Waals surface area contributed by atoms with E-state index in [1.807, 2.05) is 6.07 Å². The van der Waals surface area contributed by atoms with Gasteiger partial charge in [0, 0.05) is 5.69 Å². The zero-order valence-corrected chi connectivity index (χ0v) is 7.24. The highest BCUT2D eigenvalue weighted by Crippen LogP contribution is 2.16. The summed E-state index contributed by atoms with van der Waals surface area (Å²) in [6, 6.07) is 3.46. The molecule has 68 valence electrons. The van der Waals surface area contributed by atoms with Crippen LogP contribution in [0.1, 0.15) is 11.4 Å². The number of carbonyl (C=O) groups is 1. The summed E-state index contributed by atoms with van der Waals surface area (Å²) < 4.78 is 1.50. The molecule has 13 heavy (non-hydrogen) atoms. The summed E-state index contributed by atoms with van der Waals surface area (Å²) in [6.07, 6.45) is 0. The molecule has 0 saturated heterocycles. The molecule has 0 bridgehead atoms. The Kier molecular flexibility index (Phi) is 2.24. The fourth-order valence-electron chi connectivity index (χ4n) is 1.12. The third kappa shape index (κ3) is 1.62. The molecule has 0 atom stereocenters. The largest absolute Gasteiger partial charge is 0.397 e. The molecule has 0 radical (unpaired) electrons. The first-order valence-electron chi connectivity index (χ1n) is 3.70. The summed E-state index contributed by atoms with van der Waals surface area (Å²) in [6.45, 7) is 1.73. The van der Waals surface area contributed by atoms with E-state index in [-0.39, 0.29) is 6.54 Å². The maximum absolute atomic E-state index is 10.6. The number of primary amides is 1. The molecule has 0 aliphatic carbocycles. The minimum absolute atomic E-state index is 0.00801. The Labute approximate surface area is 75.5 Å². The second-order valence-electron chi connectivity index (χ2n) is 2.73. The summed E-state index contributed by atoms with van der Waals surface area (Å²) in [4.78, 5) is 10.6. The Balaban J connectivity index is 3.18. The zero-order chi connectivity index (χ0) is 10.0. The number of nitriles is 1. The lowest BCUT2D eigenvalue weighted by molar-refractivity contribution is -0.118. The van der Waals surface area contributed by atoms with Gasteiger partial charge in [-0.1, -0.05) is 0 Å². The number of amides is 1. The van der Waals surface area contributed by atoms with Crippen molar-refractivity contribution >= 4 is 11.6 Å². The molecule has 5 nitrogen and oxygen atoms in total. The number of rotatable bonds is 2. The lowest BCUT2D eigenvalue weighted by atomic mass is 10.4. The maximum Gasteiger partial charge on any atom is 0.237 e. The molecule has 0 saturated carbocycles. The Morgan fingerprint density at radius 2 is 2.38 bits per heavy atom. The van der Waals surface area contributed by atoms with Gasteiger partial charge in [0.25, 0.3) is 0 Å². The number of anilines is 1. The van der Waals surface area contributed by atoms with Crippen LogP contribution in [0.3, 0.4) is 0 Å². The van der Waals surface area contributed by atoms with E-state index in [4.69, 9.17) is 16.7 Å². The van der Waals surface area contributed by atoms with Crippen molar-refractivity contribution in [3.63, 3.8) is 0 Å². The van der Waals surface area contributed by atoms with E-state index >= 15 is 0 Å². The van der Waals surface area contributed by atoms with Crippen LogP contribution in [-0.2, 0) is 11.3 Å². The van der Waals surface area contributed by atoms with Crippen LogP contribution in [0.2, 0.25) is 0 Å². The predicted octanol–water partition coefficient (Wildman–Crippen LogP) is -0.264. The summed E-state index contributed by atoms with van der Waals surface area (Å²) in [5.74, 6) is -0.491. The van der Waals surface area contributed by atoms with Crippen LogP contribution in [0.15, 0.2) is 6.07 Å². The highest BCUT2D eigenvalue weighted by atomic mass is 16.1. The molecular weight excluding hydrogens is 168 g/mol. The Morgan fingerprint density at radius 3 is 2.85 bits per heavy atom. The van der Waals surface area contributed by atoms with Gasteiger partial charge in [0.15, 0.2) is 0 Å². The normalized spacial score (nSPS) is 9.54. The van der Waals surface area contributed by atoms with Crippen molar-refractivity contribution in [3.05, 3.63) is 17.5 Å². The number of carbonyl (C=O) groups excluding carboxylic acids is 1. The molecule has 1 aromatic heterocycles. The second-order valence-corrected chi connectivity index (χ2v) is 2.73. The van der Waals surface area contributed by atoms with Crippen LogP contribution in [0, 0.1) is 18.3 Å². The minimum Gasteiger partial charge on any atom is -0.397 e. The van der Waals surface area contributed by atoms with Gasteiger partial charge in [-0.3, -0.25) is 4.79 Å². The van der Waals surface area contributed by atoms with Crippen molar-refractivity contribution in [1.29, 1.82) is 5.26 Å². The first-order valence-corrected chi connectivity index (χ1v) is 3.70. The highest BCUT2D eigenvalue weighted by molar-refractivity contribution is 5.74. The molecule has 1 amide bonds. The van der Waals surface area contributed by atoms with Gasteiger partial charge in [0.1, 0.15) is 18.3 Å². The molecule has 0 spiro atoms. The van der Waals surface area contributed by atoms with Gasteiger partial charge in [-0.2, -0.15) is 5.26 Å². The highest BCUT2D eigenvalue weighted by Gasteiger charge is 2.10. The van der Waals surface area contributed by atoms with Crippen LogP contribution in [-0.4, -0.2) is 10.5 Å². The van der Waals surface area contributed by atoms with Gasteiger partial charge in [0.05, 0.1) is 5.69 Å². The van der Waals surface area contributed by atoms with Crippen LogP contribution < -0.4 is 11.5 Å². The predicted molar refractivity (Wildman–Crippen MR) is 47.5 cm³/mol. The first kappa shape index (κ1) is 9.13. The van der Waals surface area contributed by atoms with E-state index in [9.17, 15) is 4.79 Å². The first-order chi connectivity index (χ1) is 6.06. The van der Waals surface area contributed by atoms with Crippen LogP contribution in [0.5, 0.6) is 0 Å². The lowest BCUT2D eigenvalue weighted by Crippen LogP contribution is -2.20. The lowest BCUT2D eigenvalue weighted by Gasteiger charge is -2.03. The fraction of sp³-hybridized carbons (Fsp3) is 0.250. The topological polar surface area (TPSA) is 97.8 Å². The van der Waals surface area contributed by atoms with E-state index in [1.165, 1.54) is 10.6 Å². The SMILES string of the molecule is Cc1c(N)cc(C#N)n1CC(N)=O. The second kappa shape index (κ2) is 3.19. The Hall–Kier alpha value is -1.96. The summed E-state index contributed by atoms with van der Waals surface area (Å²) in [5.41, 5.74) is 12.1. The number of nitrogen functional groups attached to an aromatic ring is 1. The minimum atomic E-state index is -0.491. The van der Waals surface area contributed by atoms with Crippen molar-refractivity contribution in [2.75, 3.05) is 5.73 Å². The van der Waals surface area contributed by atoms with Gasteiger partial charge in [-0.05, 0) is 13.0 Å². The maximum atomic E-state index is 10.6. The fourth-order valence-corrected chi connectivity index (χ4v) is 1.12. The van der Waals surface area contributed by atoms with Crippen LogP contribution in [0.25, 0.3) is 0 Å². The average Bonchev–Trinajstić information content (AvgIpc) is 2.31. The van der Waals surface area contributed by atoms with Gasteiger partial charge in [0.2, 0.25) is 5.91 Å². The number of hydrogen-bond donors (Lipinski definition) is 2. The molecule has 1 rings (SSSR count). The number of aromatic nitrogens is 1. The smallest absolute Gasteiger partial charge is 0.237 e. The van der Waals surface area contributed by atoms with Crippen LogP contribution in [0.4, 0.5) is 5.69 Å². The van der Waals surface area contributed by atoms with Crippen LogP contribution >= 0.6 is 0 Å². The summed E-state index contributed by atoms with van der Waals surface area (Å²) in [5, 5.41) is 8.69. The number of nitrogens with zero attached hydrogens (tertiary/aromatic N) is 2. The monoisotopic (exact) mass is 178 g/mol. The molecule has 4 N–H and O–H groups in total. The molecule has 0 aliphatic rings. The number of hydrogen-bond acceptors (Lipinski definition) is 3. The summed E-state index contributed by atoms with van der Waals surface area (Å²) in [7, 11) is 0. The van der Waals surface area contributed by atoms with Crippen molar-refractivity contribution in [3.8, 4) is 6.07 Å². The third-order valence-corrected chi connectivity index (χ3v) is 1.83. The Morgan fingerprint density at radius 1 is 1.77 bits per heavy atom. The molecule has 0 fully saturated rings. The van der Waals surface area contributed by atoms with Gasteiger partial charge < -0.3 is 16.0 Å². The molecular formula is C8H10N4O. The van der Waals surface area contributed by atoms with E-state index in [0.29, 0.717) is 17.1 Å². The third-order valence-electron chi connectivity index (χ3n) is 1.83. The van der Waals surface area contributed by atoms with Gasteiger partial charge in [-0.15, -0.1) is 0 Å². The molecule has 1 heterocycles. The molecule has 1 aromatic rings. The molecule has 5 heteroatoms. The molecule has 0 aromatic carbocycles. The van der Waals surface area contributed by atoms with E-state index in [0.717, 1.165) is 0 Å². The quantitative estimate of drug-likeness (QED) is 0.652. The van der Waals surface area contributed by atoms with E-state index < -0.39 is 5.91 Å². The average molecular weight is 178 g/mol. The van der Waals surface area contributed by atoms with Gasteiger partial charge >= 0.3 is 0 Å². The molecule has 0 aliphatic heterocycles. The summed E-state index contributed by atoms with van der Waals surface area (Å²) >= 11 is 0. The Bertz CT molecular complexity index is 386. The zero-order valence-electron chi connectivity index (χ0n) is 7.24. The van der Waals surface area contributed by atoms with E-state index in [2.05, 4.69) is 0 Å².